The Hall–Kier alpha value is -0.770. The highest BCUT2D eigenvalue weighted by molar-refractivity contribution is 5.68. The van der Waals surface area contributed by atoms with Crippen LogP contribution in [0.1, 0.15) is 33.6 Å². The second-order valence-electron chi connectivity index (χ2n) is 5.52. The summed E-state index contributed by atoms with van der Waals surface area (Å²) in [6.07, 6.45) is 2.20. The van der Waals surface area contributed by atoms with E-state index < -0.39 is 0 Å². The third-order valence-electron chi connectivity index (χ3n) is 2.87. The number of hydrogen-bond acceptors (Lipinski definition) is 3. The summed E-state index contributed by atoms with van der Waals surface area (Å²) in [4.78, 5) is 13.6. The zero-order valence-electron chi connectivity index (χ0n) is 9.75. The molecule has 0 saturated carbocycles. The van der Waals surface area contributed by atoms with Gasteiger partial charge in [0.05, 0.1) is 0 Å². The first kappa shape index (κ1) is 10.7. The molecule has 0 aromatic carbocycles. The molecule has 0 aromatic heterocycles. The zero-order chi connectivity index (χ0) is 11.1. The van der Waals surface area contributed by atoms with Crippen LogP contribution in [-0.2, 0) is 4.74 Å². The number of amides is 1. The monoisotopic (exact) mass is 212 g/mol. The summed E-state index contributed by atoms with van der Waals surface area (Å²) in [5, 5.41) is 3.49. The van der Waals surface area contributed by atoms with Crippen molar-refractivity contribution in [2.24, 2.45) is 0 Å². The van der Waals surface area contributed by atoms with Crippen LogP contribution in [0.15, 0.2) is 0 Å². The lowest BCUT2D eigenvalue weighted by Crippen LogP contribution is -2.53. The summed E-state index contributed by atoms with van der Waals surface area (Å²) in [6.45, 7) is 7.31. The van der Waals surface area contributed by atoms with E-state index in [0.717, 1.165) is 13.1 Å². The Kier molecular flexibility index (Phi) is 2.63. The van der Waals surface area contributed by atoms with Gasteiger partial charge in [0.2, 0.25) is 0 Å². The smallest absolute Gasteiger partial charge is 0.410 e. The van der Waals surface area contributed by atoms with Gasteiger partial charge in [-0.25, -0.2) is 4.79 Å². The fourth-order valence-corrected chi connectivity index (χ4v) is 2.27. The Morgan fingerprint density at radius 3 is 2.27 bits per heavy atom. The van der Waals surface area contributed by atoms with Crippen molar-refractivity contribution in [1.82, 2.24) is 10.2 Å². The zero-order valence-corrected chi connectivity index (χ0v) is 9.75. The average Bonchev–Trinajstić information content (AvgIpc) is 2.42. The van der Waals surface area contributed by atoms with E-state index in [9.17, 15) is 4.79 Å². The van der Waals surface area contributed by atoms with Crippen LogP contribution in [0.4, 0.5) is 4.79 Å². The molecule has 2 fully saturated rings. The van der Waals surface area contributed by atoms with Gasteiger partial charge in [-0.15, -0.1) is 0 Å². The van der Waals surface area contributed by atoms with Gasteiger partial charge in [0.25, 0.3) is 0 Å². The van der Waals surface area contributed by atoms with Gasteiger partial charge in [0, 0.05) is 25.2 Å². The number of carbonyl (C=O) groups excluding carboxylic acids is 1. The second kappa shape index (κ2) is 3.67. The molecule has 2 rings (SSSR count). The molecule has 0 aromatic rings. The van der Waals surface area contributed by atoms with Gasteiger partial charge >= 0.3 is 6.09 Å². The molecule has 4 nitrogen and oxygen atoms in total. The van der Waals surface area contributed by atoms with E-state index in [1.54, 1.807) is 0 Å². The first-order valence-electron chi connectivity index (χ1n) is 5.68. The van der Waals surface area contributed by atoms with Crippen LogP contribution >= 0.6 is 0 Å². The minimum atomic E-state index is -0.388. The van der Waals surface area contributed by atoms with E-state index in [2.05, 4.69) is 5.32 Å². The quantitative estimate of drug-likeness (QED) is 0.659. The van der Waals surface area contributed by atoms with Crippen molar-refractivity contribution in [3.63, 3.8) is 0 Å². The van der Waals surface area contributed by atoms with E-state index in [4.69, 9.17) is 4.74 Å². The van der Waals surface area contributed by atoms with Gasteiger partial charge in [-0.2, -0.15) is 0 Å². The Labute approximate surface area is 91.0 Å². The summed E-state index contributed by atoms with van der Waals surface area (Å²) >= 11 is 0. The highest BCUT2D eigenvalue weighted by Crippen LogP contribution is 2.21. The number of ether oxygens (including phenoxy) is 1. The van der Waals surface area contributed by atoms with Gasteiger partial charge in [0.1, 0.15) is 5.60 Å². The van der Waals surface area contributed by atoms with Crippen LogP contribution in [0.5, 0.6) is 0 Å². The van der Waals surface area contributed by atoms with Crippen LogP contribution < -0.4 is 5.32 Å². The molecule has 0 aliphatic carbocycles. The van der Waals surface area contributed by atoms with Crippen LogP contribution in [0.2, 0.25) is 0 Å². The molecule has 4 heteroatoms. The van der Waals surface area contributed by atoms with Crippen molar-refractivity contribution >= 4 is 6.09 Å². The number of nitrogens with zero attached hydrogens (tertiary/aromatic N) is 1. The number of rotatable bonds is 0. The normalized spacial score (nSPS) is 30.5. The van der Waals surface area contributed by atoms with Gasteiger partial charge in [-0.05, 0) is 33.6 Å². The Balaban J connectivity index is 1.91. The maximum atomic E-state index is 11.8. The minimum Gasteiger partial charge on any atom is -0.444 e. The Bertz CT molecular complexity index is 248. The van der Waals surface area contributed by atoms with E-state index in [-0.39, 0.29) is 11.7 Å². The highest BCUT2D eigenvalue weighted by Gasteiger charge is 2.35. The predicted octanol–water partition coefficient (Wildman–Crippen LogP) is 1.36. The van der Waals surface area contributed by atoms with Crippen LogP contribution in [0.25, 0.3) is 0 Å². The van der Waals surface area contributed by atoms with E-state index in [1.807, 2.05) is 25.7 Å². The molecule has 2 heterocycles. The third kappa shape index (κ3) is 2.62. The number of nitrogens with one attached hydrogen (secondary N) is 1. The SMILES string of the molecule is CC(C)(C)OC(=O)N1CC2CCC(C1)N2. The number of piperazine rings is 1. The Morgan fingerprint density at radius 2 is 1.80 bits per heavy atom. The van der Waals surface area contributed by atoms with Crippen molar-refractivity contribution in [1.29, 1.82) is 0 Å². The third-order valence-corrected chi connectivity index (χ3v) is 2.87. The second-order valence-corrected chi connectivity index (χ2v) is 5.52. The summed E-state index contributed by atoms with van der Waals surface area (Å²) in [5.41, 5.74) is -0.388. The lowest BCUT2D eigenvalue weighted by atomic mass is 10.2. The molecule has 0 spiro atoms. The number of hydrogen-bond donors (Lipinski definition) is 1. The van der Waals surface area contributed by atoms with Crippen molar-refractivity contribution in [2.75, 3.05) is 13.1 Å². The molecule has 2 aliphatic heterocycles. The average molecular weight is 212 g/mol. The van der Waals surface area contributed by atoms with Crippen molar-refractivity contribution in [3.8, 4) is 0 Å². The van der Waals surface area contributed by atoms with Crippen LogP contribution in [-0.4, -0.2) is 41.8 Å². The topological polar surface area (TPSA) is 41.6 Å². The molecule has 2 saturated heterocycles. The van der Waals surface area contributed by atoms with E-state index in [0.29, 0.717) is 12.1 Å². The van der Waals surface area contributed by atoms with E-state index >= 15 is 0 Å². The molecule has 1 N–H and O–H groups in total. The molecule has 2 bridgehead atoms. The lowest BCUT2D eigenvalue weighted by Gasteiger charge is -2.34. The number of likely N-dealkylation sites (tertiary alicyclic amines) is 1. The predicted molar refractivity (Wildman–Crippen MR) is 57.8 cm³/mol. The number of fused-ring (bicyclic) bond motifs is 2. The first-order chi connectivity index (χ1) is 6.94. The van der Waals surface area contributed by atoms with E-state index in [1.165, 1.54) is 12.8 Å². The summed E-state index contributed by atoms with van der Waals surface area (Å²) in [7, 11) is 0. The highest BCUT2D eigenvalue weighted by atomic mass is 16.6. The summed E-state index contributed by atoms with van der Waals surface area (Å²) < 4.78 is 5.36. The minimum absolute atomic E-state index is 0.166. The molecule has 86 valence electrons. The molecule has 2 atom stereocenters. The van der Waals surface area contributed by atoms with Gasteiger partial charge < -0.3 is 15.0 Å². The molecule has 0 radical (unpaired) electrons. The van der Waals surface area contributed by atoms with Crippen LogP contribution in [0, 0.1) is 0 Å². The maximum Gasteiger partial charge on any atom is 0.410 e. The van der Waals surface area contributed by atoms with Crippen molar-refractivity contribution in [2.45, 2.75) is 51.3 Å². The van der Waals surface area contributed by atoms with Gasteiger partial charge in [-0.3, -0.25) is 0 Å². The van der Waals surface area contributed by atoms with Gasteiger partial charge in [0.15, 0.2) is 0 Å². The lowest BCUT2D eigenvalue weighted by molar-refractivity contribution is 0.0189. The Morgan fingerprint density at radius 1 is 1.27 bits per heavy atom. The van der Waals surface area contributed by atoms with Crippen molar-refractivity contribution in [3.05, 3.63) is 0 Å². The number of carbonyl (C=O) groups is 1. The molecular weight excluding hydrogens is 192 g/mol. The molecule has 15 heavy (non-hydrogen) atoms. The maximum absolute atomic E-state index is 11.8. The molecule has 2 aliphatic rings. The molecule has 2 unspecified atom stereocenters. The van der Waals surface area contributed by atoms with Crippen molar-refractivity contribution < 1.29 is 9.53 Å². The summed E-state index contributed by atoms with van der Waals surface area (Å²) in [6, 6.07) is 0.965. The summed E-state index contributed by atoms with van der Waals surface area (Å²) in [5.74, 6) is 0. The first-order valence-corrected chi connectivity index (χ1v) is 5.68. The molecular formula is C11H20N2O2. The largest absolute Gasteiger partial charge is 0.444 e. The van der Waals surface area contributed by atoms with Gasteiger partial charge in [-0.1, -0.05) is 0 Å². The fourth-order valence-electron chi connectivity index (χ4n) is 2.27. The standard InChI is InChI=1S/C11H20N2O2/c1-11(2,3)15-10(14)13-6-8-4-5-9(7-13)12-8/h8-9,12H,4-7H2,1-3H3. The van der Waals surface area contributed by atoms with Crippen LogP contribution in [0.3, 0.4) is 0 Å². The fraction of sp³-hybridized carbons (Fsp3) is 0.909. The molecule has 1 amide bonds.